The van der Waals surface area contributed by atoms with Gasteiger partial charge in [-0.1, -0.05) is 139 Å². The maximum atomic E-state index is 4.24. The molecule has 0 spiro atoms. The summed E-state index contributed by atoms with van der Waals surface area (Å²) in [7, 11) is 0. The van der Waals surface area contributed by atoms with E-state index in [2.05, 4.69) is 157 Å². The highest BCUT2D eigenvalue weighted by Crippen LogP contribution is 2.36. The zero-order valence-corrected chi connectivity index (χ0v) is 24.5. The molecule has 39 heavy (non-hydrogen) atoms. The van der Waals surface area contributed by atoms with E-state index in [0.717, 1.165) is 28.1 Å². The van der Waals surface area contributed by atoms with E-state index in [1.807, 2.05) is 18.2 Å². The largest absolute Gasteiger partial charge is 0.317 e. The third kappa shape index (κ3) is 7.48. The molecule has 0 aliphatic rings. The van der Waals surface area contributed by atoms with Gasteiger partial charge in [0.25, 0.3) is 0 Å². The van der Waals surface area contributed by atoms with Crippen LogP contribution >= 0.6 is 0 Å². The second-order valence-corrected chi connectivity index (χ2v) is 11.5. The summed E-state index contributed by atoms with van der Waals surface area (Å²) in [6, 6.07) is 26.4. The second kappa shape index (κ2) is 12.6. The Bertz CT molecular complexity index is 1400. The van der Waals surface area contributed by atoms with E-state index < -0.39 is 0 Å². The minimum atomic E-state index is -0.209. The van der Waals surface area contributed by atoms with Gasteiger partial charge in [0, 0.05) is 23.0 Å². The van der Waals surface area contributed by atoms with Crippen LogP contribution in [0.1, 0.15) is 63.8 Å². The van der Waals surface area contributed by atoms with Crippen LogP contribution in [0.4, 0.5) is 11.4 Å². The van der Waals surface area contributed by atoms with Crippen LogP contribution in [-0.2, 0) is 10.8 Å². The van der Waals surface area contributed by atoms with Crippen molar-refractivity contribution in [3.05, 3.63) is 163 Å². The lowest BCUT2D eigenvalue weighted by Crippen LogP contribution is -2.20. The molecule has 1 nitrogen and oxygen atoms in total. The summed E-state index contributed by atoms with van der Waals surface area (Å²) < 4.78 is 0. The molecule has 0 heterocycles. The minimum absolute atomic E-state index is 0.105. The van der Waals surface area contributed by atoms with Crippen molar-refractivity contribution in [2.45, 2.75) is 52.4 Å². The van der Waals surface area contributed by atoms with Gasteiger partial charge < -0.3 is 4.90 Å². The Morgan fingerprint density at radius 2 is 1.38 bits per heavy atom. The molecule has 0 fully saturated rings. The molecule has 3 aromatic rings. The van der Waals surface area contributed by atoms with Gasteiger partial charge in [-0.25, -0.2) is 0 Å². The van der Waals surface area contributed by atoms with Gasteiger partial charge >= 0.3 is 0 Å². The SMILES string of the molecule is C=C/C=C\C(=C)c1cccc(C(C)(C)c2cccc(N(/C=C/C=C(/C)C=C)c3ccc(C(C)(C)C)cc3)c2)c1. The lowest BCUT2D eigenvalue weighted by Gasteiger charge is -2.29. The summed E-state index contributed by atoms with van der Waals surface area (Å²) in [6.45, 7) is 25.2. The third-order valence-electron chi connectivity index (χ3n) is 7.16. The van der Waals surface area contributed by atoms with Crippen molar-refractivity contribution in [1.82, 2.24) is 0 Å². The minimum Gasteiger partial charge on any atom is -0.317 e. The fourth-order valence-electron chi connectivity index (χ4n) is 4.39. The Labute approximate surface area is 236 Å². The Kier molecular flexibility index (Phi) is 9.54. The fourth-order valence-corrected chi connectivity index (χ4v) is 4.39. The normalized spacial score (nSPS) is 12.6. The van der Waals surface area contributed by atoms with Gasteiger partial charge in [0.2, 0.25) is 0 Å². The summed E-state index contributed by atoms with van der Waals surface area (Å²) in [5.74, 6) is 0. The van der Waals surface area contributed by atoms with E-state index in [-0.39, 0.29) is 10.8 Å². The quantitative estimate of drug-likeness (QED) is 0.244. The number of nitrogens with zero attached hydrogens (tertiary/aromatic N) is 1. The van der Waals surface area contributed by atoms with Crippen molar-refractivity contribution in [3.63, 3.8) is 0 Å². The average Bonchev–Trinajstić information content (AvgIpc) is 2.93. The first-order chi connectivity index (χ1) is 18.5. The van der Waals surface area contributed by atoms with Crippen LogP contribution in [0.25, 0.3) is 5.57 Å². The molecule has 0 N–H and O–H groups in total. The predicted octanol–water partition coefficient (Wildman–Crippen LogP) is 10.8. The van der Waals surface area contributed by atoms with Crippen molar-refractivity contribution < 1.29 is 0 Å². The predicted molar refractivity (Wildman–Crippen MR) is 174 cm³/mol. The molecule has 0 aromatic heterocycles. The number of benzene rings is 3. The zero-order valence-electron chi connectivity index (χ0n) is 24.5. The summed E-state index contributed by atoms with van der Waals surface area (Å²) >= 11 is 0. The first kappa shape index (κ1) is 29.5. The maximum Gasteiger partial charge on any atom is 0.0458 e. The van der Waals surface area contributed by atoms with Gasteiger partial charge in [0.1, 0.15) is 0 Å². The molecular formula is C38H43N. The molecular weight excluding hydrogens is 470 g/mol. The van der Waals surface area contributed by atoms with E-state index in [4.69, 9.17) is 0 Å². The molecule has 0 saturated heterocycles. The Balaban J connectivity index is 2.06. The smallest absolute Gasteiger partial charge is 0.0458 e. The number of anilines is 2. The highest BCUT2D eigenvalue weighted by molar-refractivity contribution is 5.73. The lowest BCUT2D eigenvalue weighted by molar-refractivity contribution is 0.590. The van der Waals surface area contributed by atoms with E-state index in [1.165, 1.54) is 16.7 Å². The first-order valence-corrected chi connectivity index (χ1v) is 13.5. The third-order valence-corrected chi connectivity index (χ3v) is 7.16. The van der Waals surface area contributed by atoms with Gasteiger partial charge in [-0.2, -0.15) is 0 Å². The molecule has 3 aromatic carbocycles. The van der Waals surface area contributed by atoms with E-state index in [0.29, 0.717) is 0 Å². The molecule has 0 aliphatic heterocycles. The van der Waals surface area contributed by atoms with Crippen molar-refractivity contribution in [3.8, 4) is 0 Å². The van der Waals surface area contributed by atoms with Crippen molar-refractivity contribution in [2.75, 3.05) is 4.90 Å². The van der Waals surface area contributed by atoms with Crippen LogP contribution in [0.2, 0.25) is 0 Å². The molecule has 0 unspecified atom stereocenters. The Morgan fingerprint density at radius 1 is 0.744 bits per heavy atom. The number of rotatable bonds is 10. The molecule has 0 amide bonds. The molecule has 3 rings (SSSR count). The van der Waals surface area contributed by atoms with Gasteiger partial charge in [-0.05, 0) is 70.5 Å². The maximum absolute atomic E-state index is 4.24. The van der Waals surface area contributed by atoms with Crippen molar-refractivity contribution in [2.24, 2.45) is 0 Å². The molecule has 0 aliphatic carbocycles. The fraction of sp³-hybridized carbons (Fsp3) is 0.211. The summed E-state index contributed by atoms with van der Waals surface area (Å²) in [5, 5.41) is 0. The van der Waals surface area contributed by atoms with Crippen LogP contribution in [0, 0.1) is 0 Å². The molecule has 0 atom stereocenters. The monoisotopic (exact) mass is 513 g/mol. The molecule has 200 valence electrons. The molecule has 0 radical (unpaired) electrons. The topological polar surface area (TPSA) is 3.24 Å². The van der Waals surface area contributed by atoms with Gasteiger partial charge in [0.05, 0.1) is 0 Å². The van der Waals surface area contributed by atoms with Gasteiger partial charge in [0.15, 0.2) is 0 Å². The average molecular weight is 514 g/mol. The Hall–Kier alpha value is -4.10. The second-order valence-electron chi connectivity index (χ2n) is 11.5. The van der Waals surface area contributed by atoms with Crippen molar-refractivity contribution >= 4 is 16.9 Å². The number of hydrogen-bond acceptors (Lipinski definition) is 1. The first-order valence-electron chi connectivity index (χ1n) is 13.5. The van der Waals surface area contributed by atoms with E-state index >= 15 is 0 Å². The summed E-state index contributed by atoms with van der Waals surface area (Å²) in [5.41, 5.74) is 9.13. The Morgan fingerprint density at radius 3 is 2.00 bits per heavy atom. The van der Waals surface area contributed by atoms with Crippen LogP contribution in [0.5, 0.6) is 0 Å². The van der Waals surface area contributed by atoms with Crippen LogP contribution in [-0.4, -0.2) is 0 Å². The molecule has 0 saturated carbocycles. The molecule has 1 heteroatoms. The number of allylic oxidation sites excluding steroid dienone is 8. The standard InChI is InChI=1S/C38H43N/c1-10-12-17-30(4)31-18-13-19-33(27-31)38(8,9)34-20-14-21-36(28-34)39(26-15-16-29(3)11-2)35-24-22-32(23-25-35)37(5,6)7/h10-28H,1-2,4H2,3,5-9H3/b17-12-,26-15+,29-16-. The van der Waals surface area contributed by atoms with Gasteiger partial charge in [-0.15, -0.1) is 0 Å². The number of hydrogen-bond donors (Lipinski definition) is 0. The van der Waals surface area contributed by atoms with Crippen molar-refractivity contribution in [1.29, 1.82) is 0 Å². The highest BCUT2D eigenvalue weighted by atomic mass is 15.1. The van der Waals surface area contributed by atoms with Crippen LogP contribution < -0.4 is 4.90 Å². The van der Waals surface area contributed by atoms with Gasteiger partial charge in [-0.3, -0.25) is 0 Å². The summed E-state index contributed by atoms with van der Waals surface area (Å²) in [4.78, 5) is 2.25. The lowest BCUT2D eigenvalue weighted by atomic mass is 9.77. The zero-order chi connectivity index (χ0) is 28.6. The molecule has 0 bridgehead atoms. The van der Waals surface area contributed by atoms with Crippen LogP contribution in [0.3, 0.4) is 0 Å². The van der Waals surface area contributed by atoms with Crippen LogP contribution in [0.15, 0.2) is 141 Å². The highest BCUT2D eigenvalue weighted by Gasteiger charge is 2.24. The van der Waals surface area contributed by atoms with E-state index in [1.54, 1.807) is 6.08 Å². The van der Waals surface area contributed by atoms with E-state index in [9.17, 15) is 0 Å². The summed E-state index contributed by atoms with van der Waals surface area (Å²) in [6.07, 6.45) is 13.8.